The largest absolute Gasteiger partial charge is 0.496 e. The predicted molar refractivity (Wildman–Crippen MR) is 65.7 cm³/mol. The normalized spacial score (nSPS) is 23.8. The van der Waals surface area contributed by atoms with Gasteiger partial charge in [-0.25, -0.2) is 0 Å². The lowest BCUT2D eigenvalue weighted by Crippen LogP contribution is -2.11. The van der Waals surface area contributed by atoms with Gasteiger partial charge in [-0.15, -0.1) is 0 Å². The summed E-state index contributed by atoms with van der Waals surface area (Å²) >= 11 is 0. The van der Waals surface area contributed by atoms with Crippen molar-refractivity contribution in [2.24, 2.45) is 5.92 Å². The Kier molecular flexibility index (Phi) is 3.36. The van der Waals surface area contributed by atoms with E-state index in [0.717, 1.165) is 23.5 Å². The molecule has 0 aromatic heterocycles. The summed E-state index contributed by atoms with van der Waals surface area (Å²) in [6, 6.07) is 5.75. The minimum atomic E-state index is 0.0557. The van der Waals surface area contributed by atoms with Crippen LogP contribution in [0.1, 0.15) is 31.2 Å². The van der Waals surface area contributed by atoms with Gasteiger partial charge in [0, 0.05) is 23.8 Å². The van der Waals surface area contributed by atoms with Gasteiger partial charge in [0.15, 0.2) is 0 Å². The average Bonchev–Trinajstić information content (AvgIpc) is 2.69. The van der Waals surface area contributed by atoms with Crippen molar-refractivity contribution in [1.82, 2.24) is 0 Å². The molecule has 0 heterocycles. The Morgan fingerprint density at radius 3 is 2.18 bits per heavy atom. The van der Waals surface area contributed by atoms with Crippen molar-refractivity contribution in [1.29, 1.82) is 0 Å². The van der Waals surface area contributed by atoms with E-state index in [9.17, 15) is 4.79 Å². The van der Waals surface area contributed by atoms with Crippen LogP contribution in [0.25, 0.3) is 0 Å². The summed E-state index contributed by atoms with van der Waals surface area (Å²) < 4.78 is 10.8. The number of methoxy groups -OCH3 is 2. The second-order valence-corrected chi connectivity index (χ2v) is 4.48. The summed E-state index contributed by atoms with van der Waals surface area (Å²) in [6.07, 6.45) is 1.55. The molecule has 0 radical (unpaired) electrons. The number of ketones is 1. The quantitative estimate of drug-likeness (QED) is 0.806. The first-order valence-electron chi connectivity index (χ1n) is 5.92. The van der Waals surface area contributed by atoms with Crippen molar-refractivity contribution in [3.8, 4) is 11.5 Å². The standard InChI is InChI=1S/C14H18O3/c1-9-10(7-8-11(9)15)14-12(16-2)5-4-6-13(14)17-3/h4-6,9-10H,7-8H2,1-3H3. The highest BCUT2D eigenvalue weighted by molar-refractivity contribution is 5.84. The third-order valence-electron chi connectivity index (χ3n) is 3.65. The van der Waals surface area contributed by atoms with Gasteiger partial charge in [-0.2, -0.15) is 0 Å². The minimum Gasteiger partial charge on any atom is -0.496 e. The molecule has 0 saturated heterocycles. The molecular formula is C14H18O3. The molecule has 1 aliphatic carbocycles. The number of hydrogen-bond acceptors (Lipinski definition) is 3. The van der Waals surface area contributed by atoms with Gasteiger partial charge in [-0.1, -0.05) is 13.0 Å². The monoisotopic (exact) mass is 234 g/mol. The summed E-state index contributed by atoms with van der Waals surface area (Å²) in [7, 11) is 3.30. The molecule has 0 N–H and O–H groups in total. The van der Waals surface area contributed by atoms with Crippen LogP contribution in [0.4, 0.5) is 0 Å². The van der Waals surface area contributed by atoms with Gasteiger partial charge in [0.1, 0.15) is 17.3 Å². The SMILES string of the molecule is COc1cccc(OC)c1C1CCC(=O)C1C. The van der Waals surface area contributed by atoms with Crippen molar-refractivity contribution in [3.63, 3.8) is 0 Å². The van der Waals surface area contributed by atoms with Gasteiger partial charge in [-0.3, -0.25) is 4.79 Å². The highest BCUT2D eigenvalue weighted by Gasteiger charge is 2.35. The van der Waals surface area contributed by atoms with Gasteiger partial charge in [0.2, 0.25) is 0 Å². The average molecular weight is 234 g/mol. The molecule has 1 aliphatic rings. The van der Waals surface area contributed by atoms with Crippen LogP contribution in [0.2, 0.25) is 0 Å². The Bertz CT molecular complexity index is 403. The molecular weight excluding hydrogens is 216 g/mol. The zero-order chi connectivity index (χ0) is 12.4. The van der Waals surface area contributed by atoms with E-state index in [-0.39, 0.29) is 11.8 Å². The lowest BCUT2D eigenvalue weighted by Gasteiger charge is -2.20. The van der Waals surface area contributed by atoms with Gasteiger partial charge >= 0.3 is 0 Å². The highest BCUT2D eigenvalue weighted by atomic mass is 16.5. The van der Waals surface area contributed by atoms with Crippen molar-refractivity contribution < 1.29 is 14.3 Å². The molecule has 17 heavy (non-hydrogen) atoms. The molecule has 1 aromatic rings. The molecule has 0 spiro atoms. The summed E-state index contributed by atoms with van der Waals surface area (Å²) in [6.45, 7) is 1.99. The molecule has 1 saturated carbocycles. The molecule has 2 rings (SSSR count). The number of rotatable bonds is 3. The first-order valence-corrected chi connectivity index (χ1v) is 5.92. The summed E-state index contributed by atoms with van der Waals surface area (Å²) in [5.41, 5.74) is 1.04. The van der Waals surface area contributed by atoms with Crippen molar-refractivity contribution >= 4 is 5.78 Å². The van der Waals surface area contributed by atoms with Crippen molar-refractivity contribution in [2.45, 2.75) is 25.7 Å². The summed E-state index contributed by atoms with van der Waals surface area (Å²) in [5.74, 6) is 2.24. The number of carbonyl (C=O) groups excluding carboxylic acids is 1. The topological polar surface area (TPSA) is 35.5 Å². The van der Waals surface area contributed by atoms with Crippen LogP contribution in [0, 0.1) is 5.92 Å². The molecule has 92 valence electrons. The van der Waals surface area contributed by atoms with E-state index in [2.05, 4.69) is 0 Å². The van der Waals surface area contributed by atoms with E-state index in [1.54, 1.807) is 14.2 Å². The van der Waals surface area contributed by atoms with E-state index in [0.29, 0.717) is 12.2 Å². The maximum absolute atomic E-state index is 11.7. The number of hydrogen-bond donors (Lipinski definition) is 0. The number of carbonyl (C=O) groups is 1. The van der Waals surface area contributed by atoms with E-state index >= 15 is 0 Å². The van der Waals surface area contributed by atoms with Gasteiger partial charge in [0.05, 0.1) is 14.2 Å². The Hall–Kier alpha value is -1.51. The zero-order valence-electron chi connectivity index (χ0n) is 10.5. The molecule has 1 fully saturated rings. The highest BCUT2D eigenvalue weighted by Crippen LogP contribution is 2.45. The molecule has 0 amide bonds. The molecule has 2 unspecified atom stereocenters. The van der Waals surface area contributed by atoms with Crippen LogP contribution in [0.3, 0.4) is 0 Å². The first-order chi connectivity index (χ1) is 8.19. The van der Waals surface area contributed by atoms with Gasteiger partial charge in [-0.05, 0) is 18.6 Å². The maximum atomic E-state index is 11.7. The molecule has 3 heteroatoms. The molecule has 0 aliphatic heterocycles. The smallest absolute Gasteiger partial charge is 0.136 e. The van der Waals surface area contributed by atoms with Crippen molar-refractivity contribution in [2.75, 3.05) is 14.2 Å². The van der Waals surface area contributed by atoms with Crippen LogP contribution >= 0.6 is 0 Å². The number of Topliss-reactive ketones (excluding diaryl/α,β-unsaturated/α-hetero) is 1. The summed E-state index contributed by atoms with van der Waals surface area (Å²) in [5, 5.41) is 0. The molecule has 0 bridgehead atoms. The van der Waals surface area contributed by atoms with Gasteiger partial charge < -0.3 is 9.47 Å². The van der Waals surface area contributed by atoms with Crippen LogP contribution in [0.5, 0.6) is 11.5 Å². The van der Waals surface area contributed by atoms with Crippen LogP contribution in [-0.4, -0.2) is 20.0 Å². The van der Waals surface area contributed by atoms with Crippen molar-refractivity contribution in [3.05, 3.63) is 23.8 Å². The Morgan fingerprint density at radius 1 is 1.18 bits per heavy atom. The Balaban J connectivity index is 2.46. The van der Waals surface area contributed by atoms with Crippen LogP contribution in [0.15, 0.2) is 18.2 Å². The second-order valence-electron chi connectivity index (χ2n) is 4.48. The third-order valence-corrected chi connectivity index (χ3v) is 3.65. The van der Waals surface area contributed by atoms with E-state index in [1.807, 2.05) is 25.1 Å². The maximum Gasteiger partial charge on any atom is 0.136 e. The lowest BCUT2D eigenvalue weighted by atomic mass is 9.88. The fourth-order valence-corrected chi connectivity index (χ4v) is 2.64. The Morgan fingerprint density at radius 2 is 1.76 bits per heavy atom. The third kappa shape index (κ3) is 2.02. The molecule has 2 atom stereocenters. The van der Waals surface area contributed by atoms with E-state index < -0.39 is 0 Å². The molecule has 1 aromatic carbocycles. The summed E-state index contributed by atoms with van der Waals surface area (Å²) in [4.78, 5) is 11.7. The minimum absolute atomic E-state index is 0.0557. The number of ether oxygens (including phenoxy) is 2. The first kappa shape index (κ1) is 12.0. The second kappa shape index (κ2) is 4.78. The fourth-order valence-electron chi connectivity index (χ4n) is 2.64. The molecule has 3 nitrogen and oxygen atoms in total. The van der Waals surface area contributed by atoms with Gasteiger partial charge in [0.25, 0.3) is 0 Å². The van der Waals surface area contributed by atoms with Crippen LogP contribution in [-0.2, 0) is 4.79 Å². The predicted octanol–water partition coefficient (Wildman–Crippen LogP) is 2.79. The van der Waals surface area contributed by atoms with E-state index in [1.165, 1.54) is 0 Å². The number of benzene rings is 1. The van der Waals surface area contributed by atoms with Crippen LogP contribution < -0.4 is 9.47 Å². The Labute approximate surface area is 102 Å². The fraction of sp³-hybridized carbons (Fsp3) is 0.500. The van der Waals surface area contributed by atoms with E-state index in [4.69, 9.17) is 9.47 Å². The lowest BCUT2D eigenvalue weighted by molar-refractivity contribution is -0.120. The zero-order valence-corrected chi connectivity index (χ0v) is 10.5.